The van der Waals surface area contributed by atoms with Crippen molar-refractivity contribution in [1.82, 2.24) is 9.80 Å². The monoisotopic (exact) mass is 440 g/mol. The van der Waals surface area contributed by atoms with Gasteiger partial charge in [0.1, 0.15) is 11.5 Å². The van der Waals surface area contributed by atoms with Gasteiger partial charge in [-0.05, 0) is 44.0 Å². The lowest BCUT2D eigenvalue weighted by Gasteiger charge is -2.44. The topological polar surface area (TPSA) is 59.1 Å². The van der Waals surface area contributed by atoms with E-state index >= 15 is 0 Å². The van der Waals surface area contributed by atoms with Crippen LogP contribution < -0.4 is 9.47 Å². The molecule has 0 atom stereocenters. The minimum atomic E-state index is -0.233. The Morgan fingerprint density at radius 2 is 1.65 bits per heavy atom. The molecule has 31 heavy (non-hydrogen) atoms. The van der Waals surface area contributed by atoms with Gasteiger partial charge in [-0.3, -0.25) is 9.59 Å². The normalized spacial score (nSPS) is 17.6. The summed E-state index contributed by atoms with van der Waals surface area (Å²) in [7, 11) is 3.14. The summed E-state index contributed by atoms with van der Waals surface area (Å²) in [5.74, 6) is 2.13. The Morgan fingerprint density at radius 1 is 0.935 bits per heavy atom. The van der Waals surface area contributed by atoms with Gasteiger partial charge in [0.25, 0.3) is 11.8 Å². The number of methoxy groups -OCH3 is 2. The molecule has 2 aliphatic heterocycles. The molecule has 2 aliphatic rings. The quantitative estimate of drug-likeness (QED) is 0.723. The van der Waals surface area contributed by atoms with Crippen LogP contribution in [0.15, 0.2) is 42.5 Å². The smallest absolute Gasteiger partial charge is 0.257 e. The van der Waals surface area contributed by atoms with Crippen LogP contribution in [-0.2, 0) is 0 Å². The molecule has 4 rings (SSSR count). The number of thioether (sulfide) groups is 1. The minimum absolute atomic E-state index is 0.0474. The van der Waals surface area contributed by atoms with E-state index < -0.39 is 0 Å². The molecule has 1 spiro atoms. The summed E-state index contributed by atoms with van der Waals surface area (Å²) < 4.78 is 10.6. The first kappa shape index (κ1) is 21.6. The highest BCUT2D eigenvalue weighted by atomic mass is 32.2. The van der Waals surface area contributed by atoms with E-state index in [9.17, 15) is 9.59 Å². The highest BCUT2D eigenvalue weighted by Gasteiger charge is 2.47. The van der Waals surface area contributed by atoms with Gasteiger partial charge < -0.3 is 19.3 Å². The second-order valence-corrected chi connectivity index (χ2v) is 9.43. The summed E-state index contributed by atoms with van der Waals surface area (Å²) in [4.78, 5) is 30.0. The zero-order valence-electron chi connectivity index (χ0n) is 18.2. The average Bonchev–Trinajstić information content (AvgIpc) is 3.21. The first-order valence-electron chi connectivity index (χ1n) is 10.5. The summed E-state index contributed by atoms with van der Waals surface area (Å²) in [5, 5.41) is 0. The van der Waals surface area contributed by atoms with Crippen LogP contribution >= 0.6 is 11.8 Å². The van der Waals surface area contributed by atoms with Crippen molar-refractivity contribution in [2.75, 3.05) is 39.6 Å². The standard InChI is InChI=1S/C24H28N2O4S/c1-17-4-6-18(7-5-17)22(27)26-14-15-31-24(26)10-12-25(13-11-24)23(28)20-9-8-19(29-2)16-21(20)30-3/h4-9,16H,10-15H2,1-3H3. The van der Waals surface area contributed by atoms with Crippen LogP contribution in [0.5, 0.6) is 11.5 Å². The number of carbonyl (C=O) groups is 2. The highest BCUT2D eigenvalue weighted by molar-refractivity contribution is 8.00. The molecule has 0 aromatic heterocycles. The summed E-state index contributed by atoms with van der Waals surface area (Å²) >= 11 is 1.85. The predicted octanol–water partition coefficient (Wildman–Crippen LogP) is 3.83. The molecule has 2 aromatic carbocycles. The van der Waals surface area contributed by atoms with Gasteiger partial charge in [0, 0.05) is 37.0 Å². The second-order valence-electron chi connectivity index (χ2n) is 7.98. The summed E-state index contributed by atoms with van der Waals surface area (Å²) in [6.45, 7) is 3.99. The van der Waals surface area contributed by atoms with E-state index in [4.69, 9.17) is 9.47 Å². The van der Waals surface area contributed by atoms with Crippen LogP contribution in [0.4, 0.5) is 0 Å². The zero-order chi connectivity index (χ0) is 22.0. The number of ether oxygens (including phenoxy) is 2. The Kier molecular flexibility index (Phi) is 6.14. The first-order valence-corrected chi connectivity index (χ1v) is 11.5. The van der Waals surface area contributed by atoms with Crippen molar-refractivity contribution >= 4 is 23.6 Å². The molecule has 2 aromatic rings. The number of hydrogen-bond donors (Lipinski definition) is 0. The summed E-state index contributed by atoms with van der Waals surface area (Å²) in [6, 6.07) is 13.0. The van der Waals surface area contributed by atoms with Crippen LogP contribution in [0.1, 0.15) is 39.1 Å². The maximum absolute atomic E-state index is 13.2. The van der Waals surface area contributed by atoms with Crippen molar-refractivity contribution in [3.63, 3.8) is 0 Å². The number of rotatable bonds is 4. The largest absolute Gasteiger partial charge is 0.497 e. The van der Waals surface area contributed by atoms with E-state index in [1.807, 2.05) is 52.8 Å². The molecule has 2 fully saturated rings. The molecule has 164 valence electrons. The lowest BCUT2D eigenvalue weighted by atomic mass is 9.99. The number of benzene rings is 2. The fourth-order valence-electron chi connectivity index (χ4n) is 4.37. The number of nitrogens with zero attached hydrogens (tertiary/aromatic N) is 2. The Balaban J connectivity index is 1.48. The maximum Gasteiger partial charge on any atom is 0.257 e. The molecule has 0 aliphatic carbocycles. The van der Waals surface area contributed by atoms with Gasteiger partial charge in [-0.2, -0.15) is 0 Å². The maximum atomic E-state index is 13.2. The van der Waals surface area contributed by atoms with Crippen molar-refractivity contribution in [1.29, 1.82) is 0 Å². The number of amides is 2. The van der Waals surface area contributed by atoms with Crippen molar-refractivity contribution in [3.05, 3.63) is 59.2 Å². The van der Waals surface area contributed by atoms with Crippen LogP contribution in [0.3, 0.4) is 0 Å². The van der Waals surface area contributed by atoms with E-state index in [0.717, 1.165) is 36.3 Å². The number of hydrogen-bond acceptors (Lipinski definition) is 5. The first-order chi connectivity index (χ1) is 15.0. The Morgan fingerprint density at radius 3 is 2.29 bits per heavy atom. The molecular weight excluding hydrogens is 412 g/mol. The third kappa shape index (κ3) is 4.11. The van der Waals surface area contributed by atoms with E-state index in [1.165, 1.54) is 0 Å². The van der Waals surface area contributed by atoms with Gasteiger partial charge in [0.15, 0.2) is 0 Å². The Hall–Kier alpha value is -2.67. The highest BCUT2D eigenvalue weighted by Crippen LogP contribution is 2.45. The van der Waals surface area contributed by atoms with Gasteiger partial charge in [-0.1, -0.05) is 17.7 Å². The lowest BCUT2D eigenvalue weighted by Crippen LogP contribution is -2.53. The molecule has 6 nitrogen and oxygen atoms in total. The SMILES string of the molecule is COc1ccc(C(=O)N2CCC3(CC2)SCCN3C(=O)c2ccc(C)cc2)c(OC)c1. The van der Waals surface area contributed by atoms with Gasteiger partial charge in [0.2, 0.25) is 0 Å². The molecule has 0 saturated carbocycles. The van der Waals surface area contributed by atoms with Crippen molar-refractivity contribution < 1.29 is 19.1 Å². The summed E-state index contributed by atoms with van der Waals surface area (Å²) in [5.41, 5.74) is 2.41. The van der Waals surface area contributed by atoms with Gasteiger partial charge in [-0.25, -0.2) is 0 Å². The molecule has 2 saturated heterocycles. The third-order valence-electron chi connectivity index (χ3n) is 6.19. The number of carbonyl (C=O) groups excluding carboxylic acids is 2. The van der Waals surface area contributed by atoms with E-state index in [0.29, 0.717) is 30.2 Å². The molecular formula is C24H28N2O4S. The predicted molar refractivity (Wildman–Crippen MR) is 122 cm³/mol. The van der Waals surface area contributed by atoms with Gasteiger partial charge in [-0.15, -0.1) is 11.8 Å². The van der Waals surface area contributed by atoms with Gasteiger partial charge >= 0.3 is 0 Å². The molecule has 0 N–H and O–H groups in total. The number of likely N-dealkylation sites (tertiary alicyclic amines) is 1. The molecule has 7 heteroatoms. The van der Waals surface area contributed by atoms with Crippen molar-refractivity contribution in [2.24, 2.45) is 0 Å². The fraction of sp³-hybridized carbons (Fsp3) is 0.417. The lowest BCUT2D eigenvalue weighted by molar-refractivity contribution is 0.0496. The van der Waals surface area contributed by atoms with Crippen LogP contribution in [0, 0.1) is 6.92 Å². The molecule has 2 heterocycles. The average molecular weight is 441 g/mol. The Bertz CT molecular complexity index is 968. The summed E-state index contributed by atoms with van der Waals surface area (Å²) in [6.07, 6.45) is 1.53. The Labute approximate surface area is 187 Å². The molecule has 2 amide bonds. The zero-order valence-corrected chi connectivity index (χ0v) is 19.0. The van der Waals surface area contributed by atoms with Crippen LogP contribution in [0.25, 0.3) is 0 Å². The molecule has 0 unspecified atom stereocenters. The third-order valence-corrected chi connectivity index (χ3v) is 7.74. The van der Waals surface area contributed by atoms with Crippen LogP contribution in [-0.4, -0.2) is 66.1 Å². The second kappa shape index (κ2) is 8.83. The molecule has 0 radical (unpaired) electrons. The van der Waals surface area contributed by atoms with E-state index in [2.05, 4.69) is 0 Å². The van der Waals surface area contributed by atoms with E-state index in [1.54, 1.807) is 32.4 Å². The number of aryl methyl sites for hydroxylation is 1. The van der Waals surface area contributed by atoms with Crippen molar-refractivity contribution in [3.8, 4) is 11.5 Å². The fourth-order valence-corrected chi connectivity index (χ4v) is 5.82. The van der Waals surface area contributed by atoms with Crippen molar-refractivity contribution in [2.45, 2.75) is 24.6 Å². The minimum Gasteiger partial charge on any atom is -0.497 e. The van der Waals surface area contributed by atoms with Crippen LogP contribution in [0.2, 0.25) is 0 Å². The number of piperidine rings is 1. The van der Waals surface area contributed by atoms with Gasteiger partial charge in [0.05, 0.1) is 24.7 Å². The van der Waals surface area contributed by atoms with E-state index in [-0.39, 0.29) is 16.7 Å². The molecule has 0 bridgehead atoms.